The van der Waals surface area contributed by atoms with Crippen LogP contribution in [0.3, 0.4) is 0 Å². The number of hydrogen-bond donors (Lipinski definition) is 1. The summed E-state index contributed by atoms with van der Waals surface area (Å²) in [7, 11) is 1.89. The molecule has 3 nitrogen and oxygen atoms in total. The molecule has 1 aromatic carbocycles. The fourth-order valence-electron chi connectivity index (χ4n) is 1.32. The Bertz CT molecular complexity index is 437. The van der Waals surface area contributed by atoms with E-state index in [1.54, 1.807) is 6.20 Å². The van der Waals surface area contributed by atoms with Crippen molar-refractivity contribution in [3.63, 3.8) is 0 Å². The summed E-state index contributed by atoms with van der Waals surface area (Å²) >= 11 is 0. The summed E-state index contributed by atoms with van der Waals surface area (Å²) in [5.74, 6) is 0. The number of nitrogens with zero attached hydrogens (tertiary/aromatic N) is 2. The van der Waals surface area contributed by atoms with Crippen LogP contribution in [-0.2, 0) is 0 Å². The Morgan fingerprint density at radius 1 is 1.31 bits per heavy atom. The summed E-state index contributed by atoms with van der Waals surface area (Å²) in [5.41, 5.74) is 3.83. The third kappa shape index (κ3) is 1.33. The van der Waals surface area contributed by atoms with Crippen molar-refractivity contribution in [2.75, 3.05) is 12.4 Å². The largest absolute Gasteiger partial charge is 0.386 e. The number of rotatable bonds is 1. The van der Waals surface area contributed by atoms with Crippen LogP contribution >= 0.6 is 0 Å². The van der Waals surface area contributed by atoms with Crippen molar-refractivity contribution < 1.29 is 0 Å². The first-order valence-corrected chi connectivity index (χ1v) is 4.21. The maximum absolute atomic E-state index is 4.42. The van der Waals surface area contributed by atoms with E-state index in [2.05, 4.69) is 15.3 Å². The average Bonchev–Trinajstić information content (AvgIpc) is 2.17. The minimum atomic E-state index is 0.928. The van der Waals surface area contributed by atoms with Crippen LogP contribution in [0.1, 0.15) is 5.69 Å². The topological polar surface area (TPSA) is 37.8 Å². The second-order valence-corrected chi connectivity index (χ2v) is 2.93. The Balaban J connectivity index is 2.79. The number of nitrogens with one attached hydrogen (secondary N) is 1. The van der Waals surface area contributed by atoms with Gasteiger partial charge in [0.25, 0.3) is 0 Å². The summed E-state index contributed by atoms with van der Waals surface area (Å²) in [5, 5.41) is 3.09. The number of aryl methyl sites for hydroxylation is 1. The molecule has 0 atom stereocenters. The lowest BCUT2D eigenvalue weighted by molar-refractivity contribution is 1.18. The Morgan fingerprint density at radius 2 is 2.15 bits per heavy atom. The molecular formula is C10H11N3. The van der Waals surface area contributed by atoms with Gasteiger partial charge < -0.3 is 5.32 Å². The first-order chi connectivity index (χ1) is 6.31. The van der Waals surface area contributed by atoms with Crippen molar-refractivity contribution in [2.24, 2.45) is 0 Å². The second-order valence-electron chi connectivity index (χ2n) is 2.93. The molecular weight excluding hydrogens is 162 g/mol. The molecule has 0 aliphatic carbocycles. The fourth-order valence-corrected chi connectivity index (χ4v) is 1.32. The Morgan fingerprint density at radius 3 is 2.92 bits per heavy atom. The van der Waals surface area contributed by atoms with Crippen LogP contribution in [0, 0.1) is 6.92 Å². The summed E-state index contributed by atoms with van der Waals surface area (Å²) in [6.07, 6.45) is 1.78. The number of anilines is 1. The monoisotopic (exact) mass is 173 g/mol. The highest BCUT2D eigenvalue weighted by Gasteiger charge is 2.00. The number of para-hydroxylation sites is 1. The molecule has 2 aromatic rings. The highest BCUT2D eigenvalue weighted by molar-refractivity contribution is 5.87. The molecule has 0 aliphatic rings. The Kier molecular flexibility index (Phi) is 1.85. The molecule has 3 heteroatoms. The van der Waals surface area contributed by atoms with Gasteiger partial charge in [-0.3, -0.25) is 4.98 Å². The minimum Gasteiger partial charge on any atom is -0.386 e. The maximum atomic E-state index is 4.42. The van der Waals surface area contributed by atoms with E-state index in [4.69, 9.17) is 0 Å². The molecule has 0 saturated carbocycles. The SMILES string of the molecule is CNc1cccc2ncc(C)nc12. The van der Waals surface area contributed by atoms with E-state index < -0.39 is 0 Å². The van der Waals surface area contributed by atoms with Crippen molar-refractivity contribution in [3.8, 4) is 0 Å². The van der Waals surface area contributed by atoms with Gasteiger partial charge in [0.2, 0.25) is 0 Å². The summed E-state index contributed by atoms with van der Waals surface area (Å²) in [6.45, 7) is 1.94. The van der Waals surface area contributed by atoms with E-state index in [0.717, 1.165) is 22.4 Å². The highest BCUT2D eigenvalue weighted by Crippen LogP contribution is 2.18. The molecule has 0 aliphatic heterocycles. The lowest BCUT2D eigenvalue weighted by Crippen LogP contribution is -1.93. The molecule has 66 valence electrons. The van der Waals surface area contributed by atoms with E-state index in [-0.39, 0.29) is 0 Å². The predicted octanol–water partition coefficient (Wildman–Crippen LogP) is 1.98. The van der Waals surface area contributed by atoms with Crippen LogP contribution in [0.5, 0.6) is 0 Å². The van der Waals surface area contributed by atoms with Crippen molar-refractivity contribution in [1.82, 2.24) is 9.97 Å². The van der Waals surface area contributed by atoms with Crippen molar-refractivity contribution in [1.29, 1.82) is 0 Å². The van der Waals surface area contributed by atoms with Gasteiger partial charge in [-0.1, -0.05) is 6.07 Å². The number of benzene rings is 1. The van der Waals surface area contributed by atoms with Gasteiger partial charge in [-0.15, -0.1) is 0 Å². The molecule has 0 radical (unpaired) electrons. The van der Waals surface area contributed by atoms with E-state index in [1.807, 2.05) is 32.2 Å². The van der Waals surface area contributed by atoms with Gasteiger partial charge in [-0.2, -0.15) is 0 Å². The lowest BCUT2D eigenvalue weighted by Gasteiger charge is -2.04. The zero-order valence-corrected chi connectivity index (χ0v) is 7.70. The van der Waals surface area contributed by atoms with E-state index in [1.165, 1.54) is 0 Å². The van der Waals surface area contributed by atoms with Crippen molar-refractivity contribution in [3.05, 3.63) is 30.1 Å². The van der Waals surface area contributed by atoms with Gasteiger partial charge in [-0.25, -0.2) is 4.98 Å². The zero-order valence-electron chi connectivity index (χ0n) is 7.70. The molecule has 1 N–H and O–H groups in total. The Labute approximate surface area is 76.8 Å². The predicted molar refractivity (Wildman–Crippen MR) is 53.8 cm³/mol. The molecule has 1 aromatic heterocycles. The maximum Gasteiger partial charge on any atom is 0.112 e. The summed E-state index contributed by atoms with van der Waals surface area (Å²) in [4.78, 5) is 8.71. The van der Waals surface area contributed by atoms with Gasteiger partial charge in [0.15, 0.2) is 0 Å². The van der Waals surface area contributed by atoms with Crippen molar-refractivity contribution >= 4 is 16.7 Å². The normalized spacial score (nSPS) is 10.3. The lowest BCUT2D eigenvalue weighted by atomic mass is 10.2. The van der Waals surface area contributed by atoms with E-state index >= 15 is 0 Å². The highest BCUT2D eigenvalue weighted by atomic mass is 14.9. The van der Waals surface area contributed by atoms with Crippen molar-refractivity contribution in [2.45, 2.75) is 6.92 Å². The van der Waals surface area contributed by atoms with Gasteiger partial charge in [0.1, 0.15) is 5.52 Å². The number of aromatic nitrogens is 2. The van der Waals surface area contributed by atoms with Crippen LogP contribution < -0.4 is 5.32 Å². The molecule has 0 fully saturated rings. The van der Waals surface area contributed by atoms with Gasteiger partial charge in [-0.05, 0) is 19.1 Å². The standard InChI is InChI=1S/C10H11N3/c1-7-6-12-9-5-3-4-8(11-2)10(9)13-7/h3-6,11H,1-2H3. The van der Waals surface area contributed by atoms with E-state index in [0.29, 0.717) is 0 Å². The third-order valence-corrected chi connectivity index (χ3v) is 1.96. The molecule has 0 amide bonds. The first kappa shape index (κ1) is 7.98. The third-order valence-electron chi connectivity index (χ3n) is 1.96. The van der Waals surface area contributed by atoms with E-state index in [9.17, 15) is 0 Å². The second kappa shape index (κ2) is 3.01. The Hall–Kier alpha value is -1.64. The minimum absolute atomic E-state index is 0.928. The molecule has 0 spiro atoms. The molecule has 13 heavy (non-hydrogen) atoms. The van der Waals surface area contributed by atoms with Crippen LogP contribution in [-0.4, -0.2) is 17.0 Å². The molecule has 1 heterocycles. The molecule has 0 saturated heterocycles. The van der Waals surface area contributed by atoms with Gasteiger partial charge in [0.05, 0.1) is 16.9 Å². The van der Waals surface area contributed by atoms with Crippen LogP contribution in [0.25, 0.3) is 11.0 Å². The zero-order chi connectivity index (χ0) is 9.26. The van der Waals surface area contributed by atoms with Gasteiger partial charge >= 0.3 is 0 Å². The van der Waals surface area contributed by atoms with Crippen LogP contribution in [0.2, 0.25) is 0 Å². The average molecular weight is 173 g/mol. The molecule has 0 bridgehead atoms. The van der Waals surface area contributed by atoms with Crippen LogP contribution in [0.4, 0.5) is 5.69 Å². The summed E-state index contributed by atoms with van der Waals surface area (Å²) < 4.78 is 0. The molecule has 0 unspecified atom stereocenters. The number of fused-ring (bicyclic) bond motifs is 1. The number of hydrogen-bond acceptors (Lipinski definition) is 3. The first-order valence-electron chi connectivity index (χ1n) is 4.21. The quantitative estimate of drug-likeness (QED) is 0.716. The van der Waals surface area contributed by atoms with Crippen LogP contribution in [0.15, 0.2) is 24.4 Å². The molecule has 2 rings (SSSR count). The smallest absolute Gasteiger partial charge is 0.112 e. The summed E-state index contributed by atoms with van der Waals surface area (Å²) in [6, 6.07) is 5.93. The van der Waals surface area contributed by atoms with Gasteiger partial charge in [0, 0.05) is 13.2 Å². The fraction of sp³-hybridized carbons (Fsp3) is 0.200.